The minimum Gasteiger partial charge on any atom is -0.492 e. The van der Waals surface area contributed by atoms with Crippen molar-refractivity contribution in [2.75, 3.05) is 33.3 Å². The average Bonchev–Trinajstić information content (AvgIpc) is 3.32. The predicted molar refractivity (Wildman–Crippen MR) is 147 cm³/mol. The van der Waals surface area contributed by atoms with Gasteiger partial charge in [-0.2, -0.15) is 0 Å². The van der Waals surface area contributed by atoms with Crippen LogP contribution >= 0.6 is 0 Å². The molecule has 208 valence electrons. The maximum Gasteiger partial charge on any atom is 0.410 e. The molecule has 1 atom stereocenters. The first-order chi connectivity index (χ1) is 18.6. The Morgan fingerprint density at radius 2 is 1.90 bits per heavy atom. The first kappa shape index (κ1) is 27.1. The maximum absolute atomic E-state index is 12.6. The number of ether oxygens (including phenoxy) is 2. The summed E-state index contributed by atoms with van der Waals surface area (Å²) >= 11 is 0. The van der Waals surface area contributed by atoms with Crippen molar-refractivity contribution in [3.63, 3.8) is 0 Å². The van der Waals surface area contributed by atoms with E-state index in [-0.39, 0.29) is 24.1 Å². The zero-order chi connectivity index (χ0) is 27.7. The number of benzene rings is 2. The zero-order valence-electron chi connectivity index (χ0n) is 23.2. The highest BCUT2D eigenvalue weighted by atomic mass is 16.6. The van der Waals surface area contributed by atoms with E-state index < -0.39 is 11.5 Å². The van der Waals surface area contributed by atoms with Gasteiger partial charge in [-0.25, -0.2) is 4.79 Å². The van der Waals surface area contributed by atoms with Crippen LogP contribution in [0.5, 0.6) is 5.75 Å². The second-order valence-electron chi connectivity index (χ2n) is 11.7. The number of aromatic nitrogens is 1. The van der Waals surface area contributed by atoms with Crippen LogP contribution in [0.4, 0.5) is 4.79 Å². The van der Waals surface area contributed by atoms with Gasteiger partial charge in [-0.15, -0.1) is 0 Å². The van der Waals surface area contributed by atoms with Gasteiger partial charge in [0.1, 0.15) is 35.2 Å². The number of ketones is 2. The maximum atomic E-state index is 12.6. The van der Waals surface area contributed by atoms with E-state index in [1.54, 1.807) is 4.90 Å². The van der Waals surface area contributed by atoms with Gasteiger partial charge >= 0.3 is 6.09 Å². The van der Waals surface area contributed by atoms with Crippen molar-refractivity contribution >= 4 is 39.4 Å². The molecule has 3 aromatic rings. The number of hydrogen-bond donors (Lipinski definition) is 0. The first-order valence-electron chi connectivity index (χ1n) is 13.8. The third-order valence-corrected chi connectivity index (χ3v) is 7.71. The highest BCUT2D eigenvalue weighted by molar-refractivity contribution is 6.11. The molecule has 0 radical (unpaired) electrons. The molecule has 1 aliphatic heterocycles. The molecule has 1 aromatic heterocycles. The smallest absolute Gasteiger partial charge is 0.410 e. The van der Waals surface area contributed by atoms with E-state index in [0.29, 0.717) is 49.9 Å². The Kier molecular flexibility index (Phi) is 7.62. The number of Topliss-reactive ketones (excluding diaryl/α,β-unsaturated/α-hetero) is 2. The van der Waals surface area contributed by atoms with Crippen LogP contribution in [-0.4, -0.2) is 77.5 Å². The summed E-state index contributed by atoms with van der Waals surface area (Å²) in [5.74, 6) is 0.273. The molecule has 1 aliphatic carbocycles. The fourth-order valence-electron chi connectivity index (χ4n) is 5.57. The lowest BCUT2D eigenvalue weighted by atomic mass is 9.83. The Labute approximate surface area is 228 Å². The lowest BCUT2D eigenvalue weighted by Gasteiger charge is -2.37. The van der Waals surface area contributed by atoms with E-state index >= 15 is 0 Å². The number of rotatable bonds is 6. The summed E-state index contributed by atoms with van der Waals surface area (Å²) in [5.41, 5.74) is 0.779. The molecular weight excluding hydrogens is 498 g/mol. The monoisotopic (exact) mass is 535 g/mol. The molecule has 1 amide bonds. The third kappa shape index (κ3) is 6.08. The summed E-state index contributed by atoms with van der Waals surface area (Å²) in [7, 11) is 2.10. The van der Waals surface area contributed by atoms with Crippen LogP contribution in [-0.2, 0) is 14.3 Å². The average molecular weight is 536 g/mol. The number of likely N-dealkylation sites (N-methyl/N-ethyl adjacent to an activating group) is 1. The molecule has 0 unspecified atom stereocenters. The SMILES string of the molecule is CN(CCOc1ccc2c(ccc3onc([C@@H]4CCC(=O)CC4=O)c32)c1)C1CCN(C(=O)OC(C)(C)C)CC1. The van der Waals surface area contributed by atoms with Gasteiger partial charge in [-0.05, 0) is 82.1 Å². The molecule has 9 heteroatoms. The van der Waals surface area contributed by atoms with Crippen LogP contribution in [0.3, 0.4) is 0 Å². The number of likely N-dealkylation sites (tertiary alicyclic amines) is 1. The summed E-state index contributed by atoms with van der Waals surface area (Å²) in [4.78, 5) is 40.7. The number of piperidine rings is 1. The van der Waals surface area contributed by atoms with E-state index in [0.717, 1.165) is 41.3 Å². The fraction of sp³-hybridized carbons (Fsp3) is 0.533. The Bertz CT molecular complexity index is 1380. The highest BCUT2D eigenvalue weighted by Crippen LogP contribution is 2.37. The fourth-order valence-corrected chi connectivity index (χ4v) is 5.57. The molecule has 1 saturated carbocycles. The Morgan fingerprint density at radius 3 is 2.62 bits per heavy atom. The number of carbonyl (C=O) groups excluding carboxylic acids is 3. The number of hydrogen-bond acceptors (Lipinski definition) is 8. The van der Waals surface area contributed by atoms with Crippen molar-refractivity contribution in [1.82, 2.24) is 15.0 Å². The van der Waals surface area contributed by atoms with Gasteiger partial charge in [0.25, 0.3) is 0 Å². The normalized spacial score (nSPS) is 19.3. The van der Waals surface area contributed by atoms with Crippen LogP contribution < -0.4 is 4.74 Å². The minimum atomic E-state index is -0.482. The van der Waals surface area contributed by atoms with E-state index in [1.165, 1.54) is 0 Å². The standard InChI is InChI=1S/C30H37N3O6/c1-30(2,3)38-29(36)33-13-11-20(12-14-33)32(4)15-16-37-22-7-9-23-19(17-22)5-10-26-27(23)28(31-39-26)24-8-6-21(34)18-25(24)35/h5,7,9-10,17,20,24H,6,8,11-16,18H2,1-4H3/t24-/m1/s1. The summed E-state index contributed by atoms with van der Waals surface area (Å²) in [6.45, 7) is 8.35. The van der Waals surface area contributed by atoms with Gasteiger partial charge < -0.3 is 18.9 Å². The van der Waals surface area contributed by atoms with Gasteiger partial charge in [0.05, 0.1) is 17.7 Å². The topological polar surface area (TPSA) is 102 Å². The minimum absolute atomic E-state index is 0.00685. The molecule has 5 rings (SSSR count). The van der Waals surface area contributed by atoms with Crippen molar-refractivity contribution < 1.29 is 28.4 Å². The predicted octanol–water partition coefficient (Wildman–Crippen LogP) is 5.10. The van der Waals surface area contributed by atoms with Gasteiger partial charge in [-0.1, -0.05) is 11.2 Å². The van der Waals surface area contributed by atoms with Gasteiger partial charge in [0.2, 0.25) is 0 Å². The Hall–Kier alpha value is -3.46. The quantitative estimate of drug-likeness (QED) is 0.402. The first-order valence-corrected chi connectivity index (χ1v) is 13.8. The largest absolute Gasteiger partial charge is 0.492 e. The molecule has 39 heavy (non-hydrogen) atoms. The third-order valence-electron chi connectivity index (χ3n) is 7.71. The lowest BCUT2D eigenvalue weighted by molar-refractivity contribution is -0.130. The molecular formula is C30H37N3O6. The molecule has 9 nitrogen and oxygen atoms in total. The van der Waals surface area contributed by atoms with Crippen molar-refractivity contribution in [3.8, 4) is 5.75 Å². The van der Waals surface area contributed by atoms with Crippen molar-refractivity contribution in [2.24, 2.45) is 0 Å². The highest BCUT2D eigenvalue weighted by Gasteiger charge is 2.32. The van der Waals surface area contributed by atoms with Crippen LogP contribution in [0.1, 0.15) is 64.5 Å². The molecule has 2 aliphatic rings. The zero-order valence-corrected chi connectivity index (χ0v) is 23.2. The molecule has 2 fully saturated rings. The van der Waals surface area contributed by atoms with Crippen molar-refractivity contribution in [1.29, 1.82) is 0 Å². The lowest BCUT2D eigenvalue weighted by Crippen LogP contribution is -2.47. The second-order valence-corrected chi connectivity index (χ2v) is 11.7. The summed E-state index contributed by atoms with van der Waals surface area (Å²) < 4.78 is 17.2. The van der Waals surface area contributed by atoms with Crippen LogP contribution in [0.15, 0.2) is 34.9 Å². The summed E-state index contributed by atoms with van der Waals surface area (Å²) in [5, 5.41) is 7.01. The number of amides is 1. The molecule has 2 heterocycles. The van der Waals surface area contributed by atoms with E-state index in [2.05, 4.69) is 17.1 Å². The second kappa shape index (κ2) is 11.0. The molecule has 0 N–H and O–H groups in total. The van der Waals surface area contributed by atoms with Crippen LogP contribution in [0, 0.1) is 0 Å². The summed E-state index contributed by atoms with van der Waals surface area (Å²) in [6.07, 6.45) is 2.41. The van der Waals surface area contributed by atoms with Gasteiger partial charge in [0, 0.05) is 32.1 Å². The van der Waals surface area contributed by atoms with Crippen molar-refractivity contribution in [2.45, 2.75) is 70.4 Å². The molecule has 1 saturated heterocycles. The molecule has 2 aromatic carbocycles. The molecule has 0 spiro atoms. The van der Waals surface area contributed by atoms with Crippen LogP contribution in [0.2, 0.25) is 0 Å². The van der Waals surface area contributed by atoms with E-state index in [4.69, 9.17) is 14.0 Å². The van der Waals surface area contributed by atoms with E-state index in [9.17, 15) is 14.4 Å². The Morgan fingerprint density at radius 1 is 1.13 bits per heavy atom. The van der Waals surface area contributed by atoms with Gasteiger partial charge in [0.15, 0.2) is 5.58 Å². The number of fused-ring (bicyclic) bond motifs is 3. The molecule has 0 bridgehead atoms. The van der Waals surface area contributed by atoms with E-state index in [1.807, 2.05) is 51.1 Å². The van der Waals surface area contributed by atoms with Gasteiger partial charge in [-0.3, -0.25) is 14.5 Å². The Balaban J connectivity index is 1.18. The number of carbonyl (C=O) groups is 3. The van der Waals surface area contributed by atoms with Crippen molar-refractivity contribution in [3.05, 3.63) is 36.0 Å². The number of nitrogens with zero attached hydrogens (tertiary/aromatic N) is 3. The summed E-state index contributed by atoms with van der Waals surface area (Å²) in [6, 6.07) is 10.1. The van der Waals surface area contributed by atoms with Crippen LogP contribution in [0.25, 0.3) is 21.7 Å².